The zero-order valence-electron chi connectivity index (χ0n) is 18.5. The van der Waals surface area contributed by atoms with Crippen molar-refractivity contribution in [2.24, 2.45) is 5.92 Å². The molecular weight excluding hydrogens is 417 g/mol. The number of carbonyl (C=O) groups is 2. The summed E-state index contributed by atoms with van der Waals surface area (Å²) in [6, 6.07) is 13.0. The number of halogens is 1. The number of nitrogens with zero attached hydrogens (tertiary/aromatic N) is 1. The van der Waals surface area contributed by atoms with E-state index in [1.165, 1.54) is 43.4 Å². The fourth-order valence-electron chi connectivity index (χ4n) is 3.46. The van der Waals surface area contributed by atoms with E-state index in [0.717, 1.165) is 12.8 Å². The number of ether oxygens (including phenoxy) is 3. The second-order valence-corrected chi connectivity index (χ2v) is 7.42. The van der Waals surface area contributed by atoms with Gasteiger partial charge in [-0.05, 0) is 49.1 Å². The number of rotatable bonds is 7. The van der Waals surface area contributed by atoms with Crippen molar-refractivity contribution >= 4 is 23.4 Å². The molecule has 1 saturated carbocycles. The standard InChI is InChI=1S/C21H24FNO3.C3H6O3/c1-25-20-12-6-11-19(14-20)23(18-10-5-9-17(22)13-18)21(24)26-15-16-7-3-2-4-8-16;1-6-2-3(4)5/h5-6,9-14,16H,2-4,7-8,15H2,1H3;2H2,1H3,(H,4,5). The Kier molecular flexibility index (Phi) is 10.5. The first-order chi connectivity index (χ1) is 15.4. The first kappa shape index (κ1) is 25.1. The third kappa shape index (κ3) is 8.19. The van der Waals surface area contributed by atoms with Crippen molar-refractivity contribution in [3.63, 3.8) is 0 Å². The highest BCUT2D eigenvalue weighted by Crippen LogP contribution is 2.30. The predicted octanol–water partition coefficient (Wildman–Crippen LogP) is 5.41. The van der Waals surface area contributed by atoms with E-state index in [4.69, 9.17) is 14.6 Å². The van der Waals surface area contributed by atoms with Gasteiger partial charge in [-0.15, -0.1) is 0 Å². The van der Waals surface area contributed by atoms with Crippen LogP contribution < -0.4 is 9.64 Å². The lowest BCUT2D eigenvalue weighted by Crippen LogP contribution is -2.29. The molecule has 0 aliphatic heterocycles. The fourth-order valence-corrected chi connectivity index (χ4v) is 3.46. The summed E-state index contributed by atoms with van der Waals surface area (Å²) in [7, 11) is 2.90. The molecule has 0 bridgehead atoms. The molecule has 0 unspecified atom stereocenters. The summed E-state index contributed by atoms with van der Waals surface area (Å²) in [5.74, 6) is -0.315. The molecule has 2 aromatic carbocycles. The zero-order chi connectivity index (χ0) is 23.3. The minimum atomic E-state index is -0.933. The van der Waals surface area contributed by atoms with Crippen LogP contribution in [0.25, 0.3) is 0 Å². The Morgan fingerprint density at radius 1 is 1.03 bits per heavy atom. The third-order valence-electron chi connectivity index (χ3n) is 5.00. The van der Waals surface area contributed by atoms with Crippen LogP contribution in [0.3, 0.4) is 0 Å². The molecule has 0 heterocycles. The average molecular weight is 448 g/mol. The van der Waals surface area contributed by atoms with Crippen LogP contribution in [0, 0.1) is 11.7 Å². The van der Waals surface area contributed by atoms with Crippen LogP contribution in [-0.4, -0.2) is 44.6 Å². The van der Waals surface area contributed by atoms with Crippen molar-refractivity contribution < 1.29 is 33.3 Å². The maximum atomic E-state index is 13.7. The van der Waals surface area contributed by atoms with Crippen LogP contribution in [0.1, 0.15) is 32.1 Å². The Labute approximate surface area is 187 Å². The van der Waals surface area contributed by atoms with Gasteiger partial charge in [-0.1, -0.05) is 31.4 Å². The highest BCUT2D eigenvalue weighted by atomic mass is 19.1. The molecule has 0 atom stereocenters. The molecule has 7 nitrogen and oxygen atoms in total. The lowest BCUT2D eigenvalue weighted by atomic mass is 9.90. The molecule has 1 aliphatic carbocycles. The topological polar surface area (TPSA) is 85.3 Å². The predicted molar refractivity (Wildman–Crippen MR) is 119 cm³/mol. The Balaban J connectivity index is 0.000000534. The van der Waals surface area contributed by atoms with Gasteiger partial charge in [-0.3, -0.25) is 0 Å². The quantitative estimate of drug-likeness (QED) is 0.611. The van der Waals surface area contributed by atoms with Crippen LogP contribution in [0.5, 0.6) is 5.75 Å². The molecule has 174 valence electrons. The van der Waals surface area contributed by atoms with Gasteiger partial charge in [-0.2, -0.15) is 0 Å². The summed E-state index contributed by atoms with van der Waals surface area (Å²) < 4.78 is 28.8. The number of amides is 1. The molecule has 1 N–H and O–H groups in total. The van der Waals surface area contributed by atoms with E-state index >= 15 is 0 Å². The van der Waals surface area contributed by atoms with E-state index in [2.05, 4.69) is 4.74 Å². The SMILES string of the molecule is COCC(=O)O.COc1cccc(N(C(=O)OCC2CCCCC2)c2cccc(F)c2)c1. The highest BCUT2D eigenvalue weighted by molar-refractivity contribution is 5.96. The third-order valence-corrected chi connectivity index (χ3v) is 5.00. The van der Waals surface area contributed by atoms with Crippen molar-refractivity contribution in [1.82, 2.24) is 0 Å². The van der Waals surface area contributed by atoms with Crippen LogP contribution in [0.2, 0.25) is 0 Å². The molecule has 0 saturated heterocycles. The van der Waals surface area contributed by atoms with Gasteiger partial charge in [0.05, 0.1) is 25.1 Å². The summed E-state index contributed by atoms with van der Waals surface area (Å²) in [4.78, 5) is 23.7. The minimum absolute atomic E-state index is 0.208. The molecule has 0 aromatic heterocycles. The van der Waals surface area contributed by atoms with Crippen LogP contribution >= 0.6 is 0 Å². The van der Waals surface area contributed by atoms with Gasteiger partial charge >= 0.3 is 12.1 Å². The van der Waals surface area contributed by atoms with Crippen LogP contribution in [0.4, 0.5) is 20.6 Å². The first-order valence-corrected chi connectivity index (χ1v) is 10.5. The maximum absolute atomic E-state index is 13.7. The molecule has 1 amide bonds. The number of carboxylic acids is 1. The number of aliphatic carboxylic acids is 1. The van der Waals surface area contributed by atoms with Crippen molar-refractivity contribution in [3.8, 4) is 5.75 Å². The van der Waals surface area contributed by atoms with Crippen LogP contribution in [0.15, 0.2) is 48.5 Å². The summed E-state index contributed by atoms with van der Waals surface area (Å²) in [6.45, 7) is 0.189. The van der Waals surface area contributed by atoms with Gasteiger partial charge in [0.2, 0.25) is 0 Å². The van der Waals surface area contributed by atoms with Gasteiger partial charge in [0.25, 0.3) is 0 Å². The summed E-state index contributed by atoms with van der Waals surface area (Å²) in [5.41, 5.74) is 0.996. The van der Waals surface area contributed by atoms with E-state index in [1.54, 1.807) is 43.5 Å². The second kappa shape index (κ2) is 13.3. The minimum Gasteiger partial charge on any atom is -0.497 e. The van der Waals surface area contributed by atoms with E-state index < -0.39 is 17.9 Å². The Bertz CT molecular complexity index is 869. The Morgan fingerprint density at radius 2 is 1.69 bits per heavy atom. The van der Waals surface area contributed by atoms with Gasteiger partial charge in [0.15, 0.2) is 0 Å². The molecule has 0 radical (unpaired) electrons. The van der Waals surface area contributed by atoms with Crippen molar-refractivity contribution in [1.29, 1.82) is 0 Å². The molecule has 32 heavy (non-hydrogen) atoms. The number of carboxylic acid groups (broad SMARTS) is 1. The van der Waals surface area contributed by atoms with E-state index in [1.807, 2.05) is 0 Å². The largest absolute Gasteiger partial charge is 0.497 e. The number of anilines is 2. The zero-order valence-corrected chi connectivity index (χ0v) is 18.5. The molecular formula is C24H30FNO6. The summed E-state index contributed by atoms with van der Waals surface area (Å²) >= 11 is 0. The number of hydrogen-bond acceptors (Lipinski definition) is 5. The first-order valence-electron chi connectivity index (χ1n) is 10.5. The fraction of sp³-hybridized carbons (Fsp3) is 0.417. The lowest BCUT2D eigenvalue weighted by molar-refractivity contribution is -0.141. The number of carbonyl (C=O) groups excluding carboxylic acids is 1. The smallest absolute Gasteiger partial charge is 0.418 e. The number of benzene rings is 2. The lowest BCUT2D eigenvalue weighted by Gasteiger charge is -2.26. The van der Waals surface area contributed by atoms with E-state index in [9.17, 15) is 14.0 Å². The summed E-state index contributed by atoms with van der Waals surface area (Å²) in [6.07, 6.45) is 5.30. The average Bonchev–Trinajstić information content (AvgIpc) is 2.79. The van der Waals surface area contributed by atoms with Gasteiger partial charge in [-0.25, -0.2) is 18.9 Å². The van der Waals surface area contributed by atoms with Gasteiger partial charge in [0.1, 0.15) is 18.2 Å². The number of methoxy groups -OCH3 is 2. The molecule has 0 spiro atoms. The molecule has 1 fully saturated rings. The second-order valence-electron chi connectivity index (χ2n) is 7.42. The Hall–Kier alpha value is -3.13. The number of hydrogen-bond donors (Lipinski definition) is 1. The van der Waals surface area contributed by atoms with E-state index in [0.29, 0.717) is 29.6 Å². The molecule has 2 aromatic rings. The summed E-state index contributed by atoms with van der Waals surface area (Å²) in [5, 5.41) is 7.79. The van der Waals surface area contributed by atoms with Crippen molar-refractivity contribution in [2.75, 3.05) is 32.3 Å². The van der Waals surface area contributed by atoms with E-state index in [-0.39, 0.29) is 6.61 Å². The van der Waals surface area contributed by atoms with Crippen LogP contribution in [-0.2, 0) is 14.3 Å². The Morgan fingerprint density at radius 3 is 2.25 bits per heavy atom. The monoisotopic (exact) mass is 447 g/mol. The van der Waals surface area contributed by atoms with Gasteiger partial charge < -0.3 is 19.3 Å². The van der Waals surface area contributed by atoms with Gasteiger partial charge in [0, 0.05) is 13.2 Å². The molecule has 1 aliphatic rings. The van der Waals surface area contributed by atoms with Crippen molar-refractivity contribution in [2.45, 2.75) is 32.1 Å². The molecule has 8 heteroatoms. The van der Waals surface area contributed by atoms with Crippen molar-refractivity contribution in [3.05, 3.63) is 54.3 Å². The highest BCUT2D eigenvalue weighted by Gasteiger charge is 2.23. The normalized spacial score (nSPS) is 13.5. The maximum Gasteiger partial charge on any atom is 0.418 e. The molecule has 3 rings (SSSR count).